The fourth-order valence-corrected chi connectivity index (χ4v) is 2.60. The van der Waals surface area contributed by atoms with Crippen LogP contribution in [0.25, 0.3) is 0 Å². The zero-order valence-electron chi connectivity index (χ0n) is 10.1. The number of rotatable bonds is 4. The third-order valence-corrected chi connectivity index (χ3v) is 3.36. The number of fused-ring (bicyclic) bond motifs is 1. The summed E-state index contributed by atoms with van der Waals surface area (Å²) < 4.78 is 5.63. The van der Waals surface area contributed by atoms with Gasteiger partial charge >= 0.3 is 0 Å². The van der Waals surface area contributed by atoms with Gasteiger partial charge in [-0.25, -0.2) is 0 Å². The number of aliphatic hydroxyl groups excluding tert-OH is 1. The van der Waals surface area contributed by atoms with Crippen LogP contribution in [0.4, 0.5) is 0 Å². The van der Waals surface area contributed by atoms with Crippen LogP contribution in [0.5, 0.6) is 5.75 Å². The van der Waals surface area contributed by atoms with Crippen LogP contribution >= 0.6 is 0 Å². The number of ether oxygens (including phenoxy) is 1. The van der Waals surface area contributed by atoms with Crippen molar-refractivity contribution in [2.24, 2.45) is 0 Å². The third-order valence-electron chi connectivity index (χ3n) is 3.36. The molecule has 1 aliphatic carbocycles. The molecule has 1 aromatic carbocycles. The topological polar surface area (TPSA) is 29.5 Å². The summed E-state index contributed by atoms with van der Waals surface area (Å²) in [5.74, 6) is 1.65. The van der Waals surface area contributed by atoms with Crippen LogP contribution in [0.2, 0.25) is 0 Å². The number of aliphatic hydroxyl groups is 1. The van der Waals surface area contributed by atoms with Gasteiger partial charge in [0.15, 0.2) is 0 Å². The highest BCUT2D eigenvalue weighted by atomic mass is 16.5. The Morgan fingerprint density at radius 1 is 1.44 bits per heavy atom. The van der Waals surface area contributed by atoms with Gasteiger partial charge in [-0.15, -0.1) is 0 Å². The maximum absolute atomic E-state index is 8.71. The Morgan fingerprint density at radius 2 is 2.25 bits per heavy atom. The van der Waals surface area contributed by atoms with Crippen LogP contribution in [0.15, 0.2) is 12.1 Å². The molecule has 1 aromatic rings. The van der Waals surface area contributed by atoms with Crippen molar-refractivity contribution >= 4 is 0 Å². The molecule has 0 saturated carbocycles. The fraction of sp³-hybridized carbons (Fsp3) is 0.571. The molecular weight excluding hydrogens is 200 g/mol. The zero-order chi connectivity index (χ0) is 11.5. The summed E-state index contributed by atoms with van der Waals surface area (Å²) in [6, 6.07) is 4.29. The summed E-state index contributed by atoms with van der Waals surface area (Å²) in [7, 11) is 0. The summed E-state index contributed by atoms with van der Waals surface area (Å²) in [6.45, 7) is 5.26. The fourth-order valence-electron chi connectivity index (χ4n) is 2.60. The standard InChI is InChI=1S/C14H20O2/c1-10-4-5-12-9-13(16-7-3-6-15)8-11(2)14(10)12/h8-10,15H,3-7H2,1-2H3. The summed E-state index contributed by atoms with van der Waals surface area (Å²) in [5, 5.41) is 8.71. The molecule has 0 amide bonds. The van der Waals surface area contributed by atoms with Gasteiger partial charge in [0.1, 0.15) is 5.75 Å². The largest absolute Gasteiger partial charge is 0.493 e. The number of hydrogen-bond acceptors (Lipinski definition) is 2. The highest BCUT2D eigenvalue weighted by Gasteiger charge is 2.21. The Balaban J connectivity index is 2.15. The second kappa shape index (κ2) is 4.88. The number of aryl methyl sites for hydroxylation is 2. The van der Waals surface area contributed by atoms with Crippen LogP contribution < -0.4 is 4.74 Å². The maximum Gasteiger partial charge on any atom is 0.119 e. The predicted molar refractivity (Wildman–Crippen MR) is 65.1 cm³/mol. The van der Waals surface area contributed by atoms with Crippen molar-refractivity contribution in [1.82, 2.24) is 0 Å². The molecule has 0 saturated heterocycles. The smallest absolute Gasteiger partial charge is 0.119 e. The lowest BCUT2D eigenvalue weighted by atomic mass is 9.98. The Hall–Kier alpha value is -1.02. The van der Waals surface area contributed by atoms with Crippen molar-refractivity contribution in [3.8, 4) is 5.75 Å². The van der Waals surface area contributed by atoms with Crippen LogP contribution in [0.3, 0.4) is 0 Å². The molecule has 1 atom stereocenters. The van der Waals surface area contributed by atoms with E-state index in [-0.39, 0.29) is 6.61 Å². The van der Waals surface area contributed by atoms with E-state index in [4.69, 9.17) is 9.84 Å². The molecule has 1 unspecified atom stereocenters. The summed E-state index contributed by atoms with van der Waals surface area (Å²) in [4.78, 5) is 0. The summed E-state index contributed by atoms with van der Waals surface area (Å²) >= 11 is 0. The Labute approximate surface area is 97.3 Å². The van der Waals surface area contributed by atoms with Gasteiger partial charge in [-0.1, -0.05) is 6.92 Å². The van der Waals surface area contributed by atoms with Gasteiger partial charge in [0.25, 0.3) is 0 Å². The van der Waals surface area contributed by atoms with Crippen molar-refractivity contribution in [2.75, 3.05) is 13.2 Å². The minimum Gasteiger partial charge on any atom is -0.493 e. The van der Waals surface area contributed by atoms with Crippen LogP contribution in [0, 0.1) is 6.92 Å². The Kier molecular flexibility index (Phi) is 3.49. The van der Waals surface area contributed by atoms with Gasteiger partial charge in [-0.2, -0.15) is 0 Å². The molecule has 1 aliphatic rings. The molecule has 1 N–H and O–H groups in total. The normalized spacial score (nSPS) is 18.6. The van der Waals surface area contributed by atoms with E-state index in [2.05, 4.69) is 26.0 Å². The molecule has 2 nitrogen and oxygen atoms in total. The molecule has 0 bridgehead atoms. The Morgan fingerprint density at radius 3 is 3.00 bits per heavy atom. The van der Waals surface area contributed by atoms with Crippen LogP contribution in [0.1, 0.15) is 42.4 Å². The molecule has 0 radical (unpaired) electrons. The SMILES string of the molecule is Cc1cc(OCCCO)cc2c1C(C)CC2. The molecule has 0 aromatic heterocycles. The molecule has 0 spiro atoms. The number of benzene rings is 1. The highest BCUT2D eigenvalue weighted by molar-refractivity contribution is 5.46. The van der Waals surface area contributed by atoms with E-state index < -0.39 is 0 Å². The molecule has 0 fully saturated rings. The molecule has 16 heavy (non-hydrogen) atoms. The average molecular weight is 220 g/mol. The van der Waals surface area contributed by atoms with E-state index in [1.165, 1.54) is 29.5 Å². The van der Waals surface area contributed by atoms with Crippen molar-refractivity contribution in [3.05, 3.63) is 28.8 Å². The van der Waals surface area contributed by atoms with Crippen molar-refractivity contribution in [2.45, 2.75) is 39.0 Å². The lowest BCUT2D eigenvalue weighted by molar-refractivity contribution is 0.233. The summed E-state index contributed by atoms with van der Waals surface area (Å²) in [5.41, 5.74) is 4.32. The first kappa shape index (κ1) is 11.5. The van der Waals surface area contributed by atoms with E-state index in [9.17, 15) is 0 Å². The Bertz CT molecular complexity index is 371. The predicted octanol–water partition coefficient (Wildman–Crippen LogP) is 2.81. The van der Waals surface area contributed by atoms with Gasteiger partial charge in [0.05, 0.1) is 6.61 Å². The lowest BCUT2D eigenvalue weighted by Crippen LogP contribution is -2.01. The molecule has 2 heteroatoms. The maximum atomic E-state index is 8.71. The zero-order valence-corrected chi connectivity index (χ0v) is 10.1. The summed E-state index contributed by atoms with van der Waals surface area (Å²) in [6.07, 6.45) is 3.14. The van der Waals surface area contributed by atoms with Crippen molar-refractivity contribution < 1.29 is 9.84 Å². The van der Waals surface area contributed by atoms with Crippen molar-refractivity contribution in [3.63, 3.8) is 0 Å². The average Bonchev–Trinajstić information content (AvgIpc) is 2.61. The first-order chi connectivity index (χ1) is 7.72. The molecular formula is C14H20O2. The van der Waals surface area contributed by atoms with E-state index in [1.807, 2.05) is 0 Å². The van der Waals surface area contributed by atoms with Gasteiger partial charge in [0.2, 0.25) is 0 Å². The minimum absolute atomic E-state index is 0.195. The molecule has 2 rings (SSSR count). The number of hydrogen-bond donors (Lipinski definition) is 1. The first-order valence-corrected chi connectivity index (χ1v) is 6.09. The minimum atomic E-state index is 0.195. The van der Waals surface area contributed by atoms with Gasteiger partial charge < -0.3 is 9.84 Å². The first-order valence-electron chi connectivity index (χ1n) is 6.09. The van der Waals surface area contributed by atoms with Gasteiger partial charge in [0, 0.05) is 13.0 Å². The highest BCUT2D eigenvalue weighted by Crippen LogP contribution is 2.37. The molecule has 0 heterocycles. The van der Waals surface area contributed by atoms with E-state index in [0.717, 1.165) is 5.75 Å². The third kappa shape index (κ3) is 2.22. The van der Waals surface area contributed by atoms with Crippen molar-refractivity contribution in [1.29, 1.82) is 0 Å². The van der Waals surface area contributed by atoms with Gasteiger partial charge in [-0.3, -0.25) is 0 Å². The van der Waals surface area contributed by atoms with Gasteiger partial charge in [-0.05, 0) is 54.5 Å². The van der Waals surface area contributed by atoms with Crippen LogP contribution in [-0.2, 0) is 6.42 Å². The van der Waals surface area contributed by atoms with E-state index in [0.29, 0.717) is 18.9 Å². The van der Waals surface area contributed by atoms with E-state index in [1.54, 1.807) is 0 Å². The second-order valence-corrected chi connectivity index (χ2v) is 4.68. The molecule has 0 aliphatic heterocycles. The van der Waals surface area contributed by atoms with E-state index >= 15 is 0 Å². The quantitative estimate of drug-likeness (QED) is 0.791. The second-order valence-electron chi connectivity index (χ2n) is 4.68. The monoisotopic (exact) mass is 220 g/mol. The van der Waals surface area contributed by atoms with Crippen LogP contribution in [-0.4, -0.2) is 18.3 Å². The molecule has 88 valence electrons. The lowest BCUT2D eigenvalue weighted by Gasteiger charge is -2.12.